The number of morpholine rings is 1. The van der Waals surface area contributed by atoms with Crippen molar-refractivity contribution in [2.45, 2.75) is 108 Å². The van der Waals surface area contributed by atoms with Crippen molar-refractivity contribution in [2.75, 3.05) is 65.6 Å². The number of hydrogen-bond donors (Lipinski definition) is 1. The van der Waals surface area contributed by atoms with Gasteiger partial charge in [-0.15, -0.1) is 0 Å². The summed E-state index contributed by atoms with van der Waals surface area (Å²) in [6.07, 6.45) is 21.7. The Morgan fingerprint density at radius 3 is 1.85 bits per heavy atom. The van der Waals surface area contributed by atoms with Crippen LogP contribution in [0.4, 0.5) is 0 Å². The lowest BCUT2D eigenvalue weighted by atomic mass is 10.0. The first-order chi connectivity index (χ1) is 20.4. The zero-order valence-electron chi connectivity index (χ0n) is 25.4. The van der Waals surface area contributed by atoms with Crippen LogP contribution in [-0.4, -0.2) is 111 Å². The number of piperidine rings is 1. The molecule has 7 rings (SSSR count). The highest BCUT2D eigenvalue weighted by molar-refractivity contribution is 5.31. The van der Waals surface area contributed by atoms with E-state index in [1.165, 1.54) is 127 Å². The number of rotatable bonds is 6. The molecule has 6 aliphatic rings. The predicted octanol–water partition coefficient (Wildman–Crippen LogP) is 4.69. The Kier molecular flexibility index (Phi) is 8.64. The fourth-order valence-electron chi connectivity index (χ4n) is 8.76. The second kappa shape index (κ2) is 12.7. The Labute approximate surface area is 247 Å². The SMILES string of the molecule is c1cc(C2(N3CCCCCC3)N(C3CCCCCC3)C(N3CCCC3)=C(N3CCCCC3)N2N2CCOCC2)[nH]n1. The third kappa shape index (κ3) is 5.14. The summed E-state index contributed by atoms with van der Waals surface area (Å²) in [5.41, 5.74) is 1.25. The van der Waals surface area contributed by atoms with Gasteiger partial charge < -0.3 is 19.4 Å². The van der Waals surface area contributed by atoms with E-state index in [0.717, 1.165) is 52.5 Å². The van der Waals surface area contributed by atoms with E-state index in [1.54, 1.807) is 0 Å². The fourth-order valence-corrected chi connectivity index (χ4v) is 8.76. The third-order valence-corrected chi connectivity index (χ3v) is 10.7. The summed E-state index contributed by atoms with van der Waals surface area (Å²) in [6.45, 7) is 10.4. The van der Waals surface area contributed by atoms with Gasteiger partial charge in [0.15, 0.2) is 11.6 Å². The fraction of sp³-hybridized carbons (Fsp3) is 0.844. The van der Waals surface area contributed by atoms with Gasteiger partial charge >= 0.3 is 0 Å². The average Bonchev–Trinajstić information content (AvgIpc) is 3.70. The lowest BCUT2D eigenvalue weighted by Gasteiger charge is -2.57. The summed E-state index contributed by atoms with van der Waals surface area (Å²) >= 11 is 0. The quantitative estimate of drug-likeness (QED) is 0.498. The predicted molar refractivity (Wildman–Crippen MR) is 161 cm³/mol. The largest absolute Gasteiger partial charge is 0.379 e. The third-order valence-electron chi connectivity index (χ3n) is 10.7. The molecule has 6 heterocycles. The van der Waals surface area contributed by atoms with Gasteiger partial charge in [-0.05, 0) is 63.9 Å². The molecule has 0 bridgehead atoms. The average molecular weight is 567 g/mol. The van der Waals surface area contributed by atoms with Crippen LogP contribution in [0.15, 0.2) is 23.9 Å². The van der Waals surface area contributed by atoms with Gasteiger partial charge in [0.2, 0.25) is 5.79 Å². The van der Waals surface area contributed by atoms with Crippen molar-refractivity contribution in [1.29, 1.82) is 0 Å². The zero-order chi connectivity index (χ0) is 27.5. The Bertz CT molecular complexity index is 981. The molecule has 1 aromatic heterocycles. The van der Waals surface area contributed by atoms with Crippen molar-refractivity contribution < 1.29 is 4.74 Å². The number of nitrogens with one attached hydrogen (secondary N) is 1. The normalized spacial score (nSPS) is 30.3. The van der Waals surface area contributed by atoms with Gasteiger partial charge in [0, 0.05) is 64.6 Å². The maximum Gasteiger partial charge on any atom is 0.232 e. The van der Waals surface area contributed by atoms with Crippen LogP contribution in [0.3, 0.4) is 0 Å². The minimum atomic E-state index is -0.433. The molecule has 1 aliphatic carbocycles. The van der Waals surface area contributed by atoms with E-state index in [-0.39, 0.29) is 0 Å². The minimum Gasteiger partial charge on any atom is -0.379 e. The Morgan fingerprint density at radius 2 is 1.22 bits per heavy atom. The molecule has 1 aromatic rings. The number of H-pyrrole nitrogens is 1. The molecule has 41 heavy (non-hydrogen) atoms. The van der Waals surface area contributed by atoms with Gasteiger partial charge in [0.05, 0.1) is 18.9 Å². The highest BCUT2D eigenvalue weighted by Gasteiger charge is 2.62. The van der Waals surface area contributed by atoms with E-state index < -0.39 is 5.79 Å². The van der Waals surface area contributed by atoms with Crippen LogP contribution in [0.2, 0.25) is 0 Å². The molecule has 5 fully saturated rings. The van der Waals surface area contributed by atoms with Crippen LogP contribution < -0.4 is 0 Å². The Morgan fingerprint density at radius 1 is 0.659 bits per heavy atom. The Balaban J connectivity index is 1.49. The molecule has 1 atom stereocenters. The molecule has 0 spiro atoms. The molecule has 9 heteroatoms. The molecule has 1 N–H and O–H groups in total. The van der Waals surface area contributed by atoms with Gasteiger partial charge in [0.1, 0.15) is 0 Å². The van der Waals surface area contributed by atoms with Crippen molar-refractivity contribution >= 4 is 0 Å². The first-order valence-electron chi connectivity index (χ1n) is 17.3. The van der Waals surface area contributed by atoms with Crippen molar-refractivity contribution in [2.24, 2.45) is 0 Å². The lowest BCUT2D eigenvalue weighted by Crippen LogP contribution is -2.70. The number of likely N-dealkylation sites (tertiary alicyclic amines) is 3. The number of ether oxygens (including phenoxy) is 1. The van der Waals surface area contributed by atoms with Gasteiger partial charge in [-0.1, -0.05) is 38.5 Å². The first-order valence-corrected chi connectivity index (χ1v) is 17.3. The number of aromatic amines is 1. The molecule has 0 amide bonds. The summed E-state index contributed by atoms with van der Waals surface area (Å²) in [6, 6.07) is 2.83. The van der Waals surface area contributed by atoms with E-state index in [9.17, 15) is 0 Å². The highest BCUT2D eigenvalue weighted by Crippen LogP contribution is 2.53. The number of nitrogens with zero attached hydrogens (tertiary/aromatic N) is 7. The first kappa shape index (κ1) is 27.8. The molecule has 0 radical (unpaired) electrons. The van der Waals surface area contributed by atoms with Crippen molar-refractivity contribution in [1.82, 2.24) is 39.8 Å². The molecule has 9 nitrogen and oxygen atoms in total. The summed E-state index contributed by atoms with van der Waals surface area (Å²) in [5, 5.41) is 13.8. The van der Waals surface area contributed by atoms with Crippen molar-refractivity contribution in [3.8, 4) is 0 Å². The maximum absolute atomic E-state index is 5.99. The zero-order valence-corrected chi connectivity index (χ0v) is 25.4. The van der Waals surface area contributed by atoms with Crippen LogP contribution in [0.25, 0.3) is 0 Å². The molecular weight excluding hydrogens is 512 g/mol. The van der Waals surface area contributed by atoms with Crippen LogP contribution in [0, 0.1) is 0 Å². The van der Waals surface area contributed by atoms with Gasteiger partial charge in [0.25, 0.3) is 0 Å². The summed E-state index contributed by atoms with van der Waals surface area (Å²) < 4.78 is 5.99. The number of aromatic nitrogens is 2. The topological polar surface area (TPSA) is 57.4 Å². The van der Waals surface area contributed by atoms with Crippen LogP contribution in [0.5, 0.6) is 0 Å². The molecule has 5 aliphatic heterocycles. The summed E-state index contributed by atoms with van der Waals surface area (Å²) in [7, 11) is 0. The van der Waals surface area contributed by atoms with Gasteiger partial charge in [-0.3, -0.25) is 10.00 Å². The molecule has 1 saturated carbocycles. The number of hydrogen-bond acceptors (Lipinski definition) is 8. The lowest BCUT2D eigenvalue weighted by molar-refractivity contribution is -0.244. The van der Waals surface area contributed by atoms with Crippen LogP contribution in [-0.2, 0) is 10.5 Å². The smallest absolute Gasteiger partial charge is 0.232 e. The van der Waals surface area contributed by atoms with E-state index in [2.05, 4.69) is 45.9 Å². The van der Waals surface area contributed by atoms with Crippen LogP contribution >= 0.6 is 0 Å². The van der Waals surface area contributed by atoms with Crippen molar-refractivity contribution in [3.05, 3.63) is 29.6 Å². The second-order valence-electron chi connectivity index (χ2n) is 13.3. The summed E-state index contributed by atoms with van der Waals surface area (Å²) in [4.78, 5) is 11.5. The van der Waals surface area contributed by atoms with E-state index in [4.69, 9.17) is 4.74 Å². The molecular formula is C32H54N8O. The van der Waals surface area contributed by atoms with Gasteiger partial charge in [-0.25, -0.2) is 10.0 Å². The summed E-state index contributed by atoms with van der Waals surface area (Å²) in [5.74, 6) is 2.58. The maximum atomic E-state index is 5.99. The highest BCUT2D eigenvalue weighted by atomic mass is 16.5. The van der Waals surface area contributed by atoms with E-state index in [1.807, 2.05) is 6.20 Å². The van der Waals surface area contributed by atoms with Gasteiger partial charge in [-0.2, -0.15) is 5.10 Å². The second-order valence-corrected chi connectivity index (χ2v) is 13.3. The van der Waals surface area contributed by atoms with Crippen molar-refractivity contribution in [3.63, 3.8) is 0 Å². The molecule has 1 unspecified atom stereocenters. The molecule has 4 saturated heterocycles. The Hall–Kier alpha value is -1.97. The van der Waals surface area contributed by atoms with E-state index >= 15 is 0 Å². The minimum absolute atomic E-state index is 0.433. The van der Waals surface area contributed by atoms with Crippen LogP contribution in [0.1, 0.15) is 102 Å². The number of hydrazine groups is 1. The molecule has 228 valence electrons. The van der Waals surface area contributed by atoms with E-state index in [0.29, 0.717) is 6.04 Å². The standard InChI is InChI=1S/C32H54N8O/c1-2-7-15-28(14-6-1)39-30(35-20-12-13-21-35)31(36-18-8-5-9-19-36)40(38-24-26-41-27-25-38)32(39,29-16-17-33-34-29)37-22-10-3-4-11-23-37/h16-17,28H,1-15,18-27H2,(H,33,34). The molecule has 0 aromatic carbocycles. The monoisotopic (exact) mass is 566 g/mol.